The number of aromatic nitrogens is 3. The first-order valence-corrected chi connectivity index (χ1v) is 8.08. The molecule has 0 bridgehead atoms. The normalized spacial score (nSPS) is 13.8. The minimum atomic E-state index is -0.268. The fourth-order valence-electron chi connectivity index (χ4n) is 2.02. The zero-order valence-electron chi connectivity index (χ0n) is 11.9. The molecule has 1 N–H and O–H groups in total. The van der Waals surface area contributed by atoms with Crippen LogP contribution >= 0.6 is 11.8 Å². The van der Waals surface area contributed by atoms with Gasteiger partial charge in [0.25, 0.3) is 5.56 Å². The summed E-state index contributed by atoms with van der Waals surface area (Å²) in [5, 5.41) is 3.45. The van der Waals surface area contributed by atoms with Crippen molar-refractivity contribution in [2.75, 3.05) is 5.75 Å². The van der Waals surface area contributed by atoms with Crippen LogP contribution < -0.4 is 10.9 Å². The zero-order valence-corrected chi connectivity index (χ0v) is 12.8. The van der Waals surface area contributed by atoms with Crippen LogP contribution in [0.3, 0.4) is 0 Å². The fourth-order valence-corrected chi connectivity index (χ4v) is 2.89. The van der Waals surface area contributed by atoms with Gasteiger partial charge in [0.2, 0.25) is 5.91 Å². The molecule has 1 saturated carbocycles. The van der Waals surface area contributed by atoms with Crippen molar-refractivity contribution < 1.29 is 4.79 Å². The molecule has 7 heteroatoms. The van der Waals surface area contributed by atoms with Crippen LogP contribution in [0.2, 0.25) is 0 Å². The second kappa shape index (κ2) is 6.74. The van der Waals surface area contributed by atoms with Gasteiger partial charge in [-0.3, -0.25) is 14.6 Å². The Morgan fingerprint density at radius 2 is 2.27 bits per heavy atom. The standard InChI is InChI=1S/C15H16N4O2S/c20-13-5-7-19(12-3-4-12)15(18-13)22-10-14(21)17-9-11-2-1-6-16-8-11/h1-2,5-8,12H,3-4,9-10H2,(H,17,21). The summed E-state index contributed by atoms with van der Waals surface area (Å²) in [6, 6.07) is 5.63. The maximum Gasteiger partial charge on any atom is 0.273 e. The largest absolute Gasteiger partial charge is 0.351 e. The number of pyridine rings is 1. The molecule has 6 nitrogen and oxygen atoms in total. The molecule has 0 atom stereocenters. The van der Waals surface area contributed by atoms with E-state index in [1.165, 1.54) is 17.8 Å². The first-order valence-electron chi connectivity index (χ1n) is 7.10. The van der Waals surface area contributed by atoms with Crippen molar-refractivity contribution in [1.29, 1.82) is 0 Å². The van der Waals surface area contributed by atoms with Crippen molar-refractivity contribution in [3.63, 3.8) is 0 Å². The van der Waals surface area contributed by atoms with Crippen LogP contribution in [0.5, 0.6) is 0 Å². The fraction of sp³-hybridized carbons (Fsp3) is 0.333. The van der Waals surface area contributed by atoms with Crippen LogP contribution in [0.4, 0.5) is 0 Å². The van der Waals surface area contributed by atoms with Gasteiger partial charge in [-0.1, -0.05) is 17.8 Å². The van der Waals surface area contributed by atoms with E-state index < -0.39 is 0 Å². The average molecular weight is 316 g/mol. The van der Waals surface area contributed by atoms with E-state index >= 15 is 0 Å². The summed E-state index contributed by atoms with van der Waals surface area (Å²) in [7, 11) is 0. The number of hydrogen-bond donors (Lipinski definition) is 1. The zero-order chi connectivity index (χ0) is 15.4. The van der Waals surface area contributed by atoms with E-state index in [2.05, 4.69) is 15.3 Å². The molecule has 1 aliphatic rings. The number of rotatable bonds is 6. The Morgan fingerprint density at radius 3 is 3.00 bits per heavy atom. The molecule has 0 spiro atoms. The van der Waals surface area contributed by atoms with Gasteiger partial charge in [-0.25, -0.2) is 0 Å². The van der Waals surface area contributed by atoms with Crippen molar-refractivity contribution in [2.45, 2.75) is 30.6 Å². The molecular formula is C15H16N4O2S. The summed E-state index contributed by atoms with van der Waals surface area (Å²) < 4.78 is 1.99. The highest BCUT2D eigenvalue weighted by Crippen LogP contribution is 2.36. The minimum Gasteiger partial charge on any atom is -0.351 e. The van der Waals surface area contributed by atoms with Crippen LogP contribution in [0.25, 0.3) is 0 Å². The lowest BCUT2D eigenvalue weighted by atomic mass is 10.3. The summed E-state index contributed by atoms with van der Waals surface area (Å²) in [5.41, 5.74) is 0.684. The Bertz CT molecular complexity index is 713. The second-order valence-electron chi connectivity index (χ2n) is 5.11. The third kappa shape index (κ3) is 3.94. The third-order valence-electron chi connectivity index (χ3n) is 3.29. The summed E-state index contributed by atoms with van der Waals surface area (Å²) in [5.74, 6) is 0.151. The Morgan fingerprint density at radius 1 is 1.41 bits per heavy atom. The van der Waals surface area contributed by atoms with Crippen LogP contribution in [0.15, 0.2) is 46.7 Å². The monoisotopic (exact) mass is 316 g/mol. The Labute approximate surface area is 132 Å². The molecule has 0 aliphatic heterocycles. The van der Waals surface area contributed by atoms with E-state index in [1.807, 2.05) is 16.7 Å². The lowest BCUT2D eigenvalue weighted by Crippen LogP contribution is -2.25. The molecule has 1 fully saturated rings. The summed E-state index contributed by atoms with van der Waals surface area (Å²) >= 11 is 1.30. The predicted molar refractivity (Wildman–Crippen MR) is 83.6 cm³/mol. The number of nitrogens with zero attached hydrogens (tertiary/aromatic N) is 3. The number of carbonyl (C=O) groups is 1. The minimum absolute atomic E-state index is 0.0886. The molecule has 0 aromatic carbocycles. The summed E-state index contributed by atoms with van der Waals surface area (Å²) in [6.45, 7) is 0.449. The van der Waals surface area contributed by atoms with Crippen molar-refractivity contribution >= 4 is 17.7 Å². The van der Waals surface area contributed by atoms with E-state index in [4.69, 9.17) is 0 Å². The molecule has 0 saturated heterocycles. The maximum absolute atomic E-state index is 11.9. The number of amides is 1. The first-order chi connectivity index (χ1) is 10.7. The Kier molecular flexibility index (Phi) is 4.53. The van der Waals surface area contributed by atoms with Gasteiger partial charge in [0, 0.05) is 37.2 Å². The topological polar surface area (TPSA) is 76.9 Å². The molecule has 1 aliphatic carbocycles. The highest BCUT2D eigenvalue weighted by molar-refractivity contribution is 7.99. The van der Waals surface area contributed by atoms with Gasteiger partial charge < -0.3 is 9.88 Å². The molecule has 114 valence electrons. The van der Waals surface area contributed by atoms with E-state index in [0.29, 0.717) is 17.7 Å². The lowest BCUT2D eigenvalue weighted by molar-refractivity contribution is -0.118. The van der Waals surface area contributed by atoms with Gasteiger partial charge >= 0.3 is 0 Å². The van der Waals surface area contributed by atoms with E-state index in [-0.39, 0.29) is 17.2 Å². The molecule has 22 heavy (non-hydrogen) atoms. The highest BCUT2D eigenvalue weighted by Gasteiger charge is 2.25. The number of thioether (sulfide) groups is 1. The maximum atomic E-state index is 11.9. The Hall–Kier alpha value is -2.15. The van der Waals surface area contributed by atoms with Gasteiger partial charge in [0.05, 0.1) is 5.75 Å². The van der Waals surface area contributed by atoms with E-state index in [1.54, 1.807) is 18.6 Å². The van der Waals surface area contributed by atoms with Crippen LogP contribution in [0.1, 0.15) is 24.4 Å². The third-order valence-corrected chi connectivity index (χ3v) is 4.26. The number of carbonyl (C=O) groups excluding carboxylic acids is 1. The van der Waals surface area contributed by atoms with Crippen molar-refractivity contribution in [3.8, 4) is 0 Å². The summed E-state index contributed by atoms with van der Waals surface area (Å²) in [6.07, 6.45) is 7.38. The SMILES string of the molecule is O=C(CSc1nc(=O)ccn1C1CC1)NCc1cccnc1. The smallest absolute Gasteiger partial charge is 0.273 e. The van der Waals surface area contributed by atoms with Crippen molar-refractivity contribution in [1.82, 2.24) is 19.9 Å². The molecule has 2 aromatic heterocycles. The lowest BCUT2D eigenvalue weighted by Gasteiger charge is -2.10. The molecule has 2 aromatic rings. The molecule has 0 radical (unpaired) electrons. The van der Waals surface area contributed by atoms with Crippen LogP contribution in [0, 0.1) is 0 Å². The van der Waals surface area contributed by atoms with Crippen LogP contribution in [-0.4, -0.2) is 26.2 Å². The molecule has 0 unspecified atom stereocenters. The second-order valence-corrected chi connectivity index (χ2v) is 6.06. The van der Waals surface area contributed by atoms with Crippen molar-refractivity contribution in [2.24, 2.45) is 0 Å². The number of nitrogens with one attached hydrogen (secondary N) is 1. The van der Waals surface area contributed by atoms with Gasteiger partial charge in [-0.05, 0) is 24.5 Å². The van der Waals surface area contributed by atoms with E-state index in [0.717, 1.165) is 18.4 Å². The van der Waals surface area contributed by atoms with Gasteiger partial charge in [-0.2, -0.15) is 4.98 Å². The number of hydrogen-bond acceptors (Lipinski definition) is 5. The molecule has 3 rings (SSSR count). The Balaban J connectivity index is 1.55. The quantitative estimate of drug-likeness (QED) is 0.643. The highest BCUT2D eigenvalue weighted by atomic mass is 32.2. The van der Waals surface area contributed by atoms with Gasteiger partial charge in [-0.15, -0.1) is 0 Å². The first kappa shape index (κ1) is 14.8. The van der Waals surface area contributed by atoms with Crippen molar-refractivity contribution in [3.05, 3.63) is 52.7 Å². The molecule has 1 amide bonds. The average Bonchev–Trinajstić information content (AvgIpc) is 3.37. The molecular weight excluding hydrogens is 300 g/mol. The predicted octanol–water partition coefficient (Wildman–Crippen LogP) is 1.38. The van der Waals surface area contributed by atoms with Crippen LogP contribution in [-0.2, 0) is 11.3 Å². The van der Waals surface area contributed by atoms with Gasteiger partial charge in [0.15, 0.2) is 5.16 Å². The van der Waals surface area contributed by atoms with Gasteiger partial charge in [0.1, 0.15) is 0 Å². The van der Waals surface area contributed by atoms with E-state index in [9.17, 15) is 9.59 Å². The molecule has 2 heterocycles. The summed E-state index contributed by atoms with van der Waals surface area (Å²) in [4.78, 5) is 31.3.